The standard InChI is InChI=1S/C19H19NO3/c21-19(20-9-6-13-4-2-1-3-5-13)17-15-8-11-22-16(15)12-14-7-10-23-18(14)17/h1-5,12H,6-11H2,(H,20,21). The Morgan fingerprint density at radius 1 is 1.09 bits per heavy atom. The van der Waals surface area contributed by atoms with Gasteiger partial charge >= 0.3 is 0 Å². The van der Waals surface area contributed by atoms with Crippen LogP contribution in [0.15, 0.2) is 36.4 Å². The highest BCUT2D eigenvalue weighted by Gasteiger charge is 2.29. The molecule has 4 rings (SSSR count). The van der Waals surface area contributed by atoms with Crippen LogP contribution >= 0.6 is 0 Å². The first-order chi connectivity index (χ1) is 11.3. The fourth-order valence-electron chi connectivity index (χ4n) is 3.28. The molecule has 0 unspecified atom stereocenters. The minimum Gasteiger partial charge on any atom is -0.493 e. The number of rotatable bonds is 4. The lowest BCUT2D eigenvalue weighted by Crippen LogP contribution is -2.27. The summed E-state index contributed by atoms with van der Waals surface area (Å²) < 4.78 is 11.4. The first-order valence-corrected chi connectivity index (χ1v) is 8.09. The molecule has 2 heterocycles. The zero-order valence-corrected chi connectivity index (χ0v) is 12.9. The van der Waals surface area contributed by atoms with Crippen molar-refractivity contribution in [3.63, 3.8) is 0 Å². The lowest BCUT2D eigenvalue weighted by Gasteiger charge is -2.13. The number of carbonyl (C=O) groups is 1. The molecule has 0 bridgehead atoms. The van der Waals surface area contributed by atoms with Crippen molar-refractivity contribution in [1.82, 2.24) is 5.32 Å². The van der Waals surface area contributed by atoms with Crippen molar-refractivity contribution in [2.45, 2.75) is 19.3 Å². The molecule has 23 heavy (non-hydrogen) atoms. The molecule has 1 N–H and O–H groups in total. The van der Waals surface area contributed by atoms with E-state index in [1.165, 1.54) is 5.56 Å². The number of amides is 1. The predicted molar refractivity (Wildman–Crippen MR) is 87.3 cm³/mol. The summed E-state index contributed by atoms with van der Waals surface area (Å²) >= 11 is 0. The van der Waals surface area contributed by atoms with E-state index in [2.05, 4.69) is 17.4 Å². The number of hydrogen-bond donors (Lipinski definition) is 1. The molecular formula is C19H19NO3. The summed E-state index contributed by atoms with van der Waals surface area (Å²) in [6, 6.07) is 12.2. The Kier molecular flexibility index (Phi) is 3.66. The van der Waals surface area contributed by atoms with Crippen LogP contribution in [-0.4, -0.2) is 25.7 Å². The van der Waals surface area contributed by atoms with Gasteiger partial charge in [0.25, 0.3) is 5.91 Å². The van der Waals surface area contributed by atoms with E-state index in [9.17, 15) is 4.79 Å². The van der Waals surface area contributed by atoms with Gasteiger partial charge in [-0.25, -0.2) is 0 Å². The highest BCUT2D eigenvalue weighted by Crippen LogP contribution is 2.40. The van der Waals surface area contributed by atoms with Crippen molar-refractivity contribution in [3.05, 3.63) is 58.7 Å². The van der Waals surface area contributed by atoms with E-state index in [0.717, 1.165) is 41.9 Å². The zero-order chi connectivity index (χ0) is 15.6. The van der Waals surface area contributed by atoms with Crippen molar-refractivity contribution in [2.75, 3.05) is 19.8 Å². The van der Waals surface area contributed by atoms with Crippen LogP contribution in [0.25, 0.3) is 0 Å². The molecule has 0 radical (unpaired) electrons. The van der Waals surface area contributed by atoms with E-state index in [-0.39, 0.29) is 5.91 Å². The third-order valence-electron chi connectivity index (χ3n) is 4.42. The topological polar surface area (TPSA) is 47.6 Å². The van der Waals surface area contributed by atoms with Crippen LogP contribution in [0.3, 0.4) is 0 Å². The molecule has 0 atom stereocenters. The van der Waals surface area contributed by atoms with Crippen molar-refractivity contribution in [1.29, 1.82) is 0 Å². The van der Waals surface area contributed by atoms with Crippen LogP contribution in [-0.2, 0) is 19.3 Å². The molecular weight excluding hydrogens is 290 g/mol. The molecule has 0 aliphatic carbocycles. The Morgan fingerprint density at radius 3 is 2.78 bits per heavy atom. The van der Waals surface area contributed by atoms with Crippen LogP contribution in [0.2, 0.25) is 0 Å². The van der Waals surface area contributed by atoms with Crippen molar-refractivity contribution in [2.24, 2.45) is 0 Å². The molecule has 2 aromatic rings. The maximum atomic E-state index is 12.7. The fraction of sp³-hybridized carbons (Fsp3) is 0.316. The molecule has 4 heteroatoms. The molecule has 0 saturated carbocycles. The minimum absolute atomic E-state index is 0.0542. The van der Waals surface area contributed by atoms with E-state index < -0.39 is 0 Å². The summed E-state index contributed by atoms with van der Waals surface area (Å²) in [6.07, 6.45) is 2.44. The van der Waals surface area contributed by atoms with Crippen LogP contribution in [0.1, 0.15) is 27.0 Å². The summed E-state index contributed by atoms with van der Waals surface area (Å²) in [5.41, 5.74) is 3.97. The summed E-state index contributed by atoms with van der Waals surface area (Å²) in [5, 5.41) is 3.03. The maximum Gasteiger partial charge on any atom is 0.255 e. The van der Waals surface area contributed by atoms with Gasteiger partial charge in [0.1, 0.15) is 11.5 Å². The maximum absolute atomic E-state index is 12.7. The number of ether oxygens (including phenoxy) is 2. The monoisotopic (exact) mass is 309 g/mol. The Hall–Kier alpha value is -2.49. The quantitative estimate of drug-likeness (QED) is 0.944. The van der Waals surface area contributed by atoms with Gasteiger partial charge in [-0.05, 0) is 18.1 Å². The number of hydrogen-bond acceptors (Lipinski definition) is 3. The second kappa shape index (κ2) is 5.95. The van der Waals surface area contributed by atoms with Gasteiger partial charge in [0.15, 0.2) is 0 Å². The van der Waals surface area contributed by atoms with E-state index in [0.29, 0.717) is 25.3 Å². The zero-order valence-electron chi connectivity index (χ0n) is 12.9. The number of nitrogens with one attached hydrogen (secondary N) is 1. The third-order valence-corrected chi connectivity index (χ3v) is 4.42. The van der Waals surface area contributed by atoms with Gasteiger partial charge in [0, 0.05) is 30.5 Å². The predicted octanol–water partition coefficient (Wildman–Crippen LogP) is 2.53. The second-order valence-electron chi connectivity index (χ2n) is 5.90. The summed E-state index contributed by atoms with van der Waals surface area (Å²) in [5.74, 6) is 1.55. The molecule has 118 valence electrons. The Labute approximate surface area is 135 Å². The van der Waals surface area contributed by atoms with Gasteiger partial charge in [-0.2, -0.15) is 0 Å². The highest BCUT2D eigenvalue weighted by molar-refractivity contribution is 6.00. The summed E-state index contributed by atoms with van der Waals surface area (Å²) in [6.45, 7) is 1.90. The van der Waals surface area contributed by atoms with E-state index in [1.54, 1.807) is 0 Å². The van der Waals surface area contributed by atoms with E-state index in [1.807, 2.05) is 24.3 Å². The van der Waals surface area contributed by atoms with Gasteiger partial charge in [-0.1, -0.05) is 30.3 Å². The largest absolute Gasteiger partial charge is 0.493 e. The first kappa shape index (κ1) is 14.1. The van der Waals surface area contributed by atoms with Crippen LogP contribution in [0, 0.1) is 0 Å². The van der Waals surface area contributed by atoms with Gasteiger partial charge < -0.3 is 14.8 Å². The fourth-order valence-corrected chi connectivity index (χ4v) is 3.28. The van der Waals surface area contributed by atoms with Crippen LogP contribution < -0.4 is 14.8 Å². The van der Waals surface area contributed by atoms with E-state index in [4.69, 9.17) is 9.47 Å². The lowest BCUT2D eigenvalue weighted by molar-refractivity contribution is 0.0950. The van der Waals surface area contributed by atoms with Gasteiger partial charge in [0.2, 0.25) is 0 Å². The van der Waals surface area contributed by atoms with Crippen molar-refractivity contribution >= 4 is 5.91 Å². The lowest BCUT2D eigenvalue weighted by atomic mass is 9.99. The summed E-state index contributed by atoms with van der Waals surface area (Å²) in [7, 11) is 0. The molecule has 0 fully saturated rings. The Bertz CT molecular complexity index is 708. The molecule has 0 aromatic heterocycles. The molecule has 2 aliphatic rings. The third kappa shape index (κ3) is 2.65. The highest BCUT2D eigenvalue weighted by atomic mass is 16.5. The Balaban J connectivity index is 1.52. The molecule has 0 saturated heterocycles. The molecule has 1 amide bonds. The SMILES string of the molecule is O=C(NCCc1ccccc1)c1c2c(cc3c1OCC3)OCC2. The smallest absolute Gasteiger partial charge is 0.255 e. The van der Waals surface area contributed by atoms with Gasteiger partial charge in [0.05, 0.1) is 18.8 Å². The number of carbonyl (C=O) groups excluding carboxylic acids is 1. The number of fused-ring (bicyclic) bond motifs is 2. The second-order valence-corrected chi connectivity index (χ2v) is 5.90. The van der Waals surface area contributed by atoms with Crippen molar-refractivity contribution < 1.29 is 14.3 Å². The molecule has 0 spiro atoms. The number of benzene rings is 2. The van der Waals surface area contributed by atoms with Crippen molar-refractivity contribution in [3.8, 4) is 11.5 Å². The average molecular weight is 309 g/mol. The normalized spacial score (nSPS) is 14.6. The summed E-state index contributed by atoms with van der Waals surface area (Å²) in [4.78, 5) is 12.7. The van der Waals surface area contributed by atoms with E-state index >= 15 is 0 Å². The van der Waals surface area contributed by atoms with Gasteiger partial charge in [-0.3, -0.25) is 4.79 Å². The van der Waals surface area contributed by atoms with Crippen LogP contribution in [0.4, 0.5) is 0 Å². The minimum atomic E-state index is -0.0542. The van der Waals surface area contributed by atoms with Crippen LogP contribution in [0.5, 0.6) is 11.5 Å². The first-order valence-electron chi connectivity index (χ1n) is 8.09. The molecule has 4 nitrogen and oxygen atoms in total. The van der Waals surface area contributed by atoms with Gasteiger partial charge in [-0.15, -0.1) is 0 Å². The average Bonchev–Trinajstić information content (AvgIpc) is 3.21. The molecule has 2 aliphatic heterocycles. The molecule has 2 aromatic carbocycles. The Morgan fingerprint density at radius 2 is 1.91 bits per heavy atom.